The Morgan fingerprint density at radius 3 is 2.68 bits per heavy atom. The molecule has 0 fully saturated rings. The zero-order valence-electron chi connectivity index (χ0n) is 11.3. The maximum atomic E-state index is 11.3. The van der Waals surface area contributed by atoms with Crippen LogP contribution in [0.2, 0.25) is 0 Å². The Balaban J connectivity index is 2.43. The van der Waals surface area contributed by atoms with Gasteiger partial charge >= 0.3 is 5.97 Å². The molecule has 0 aliphatic carbocycles. The van der Waals surface area contributed by atoms with Crippen LogP contribution in [0.1, 0.15) is 35.2 Å². The number of amides is 1. The minimum Gasteiger partial charge on any atom is -0.478 e. The first-order valence-electron chi connectivity index (χ1n) is 6.21. The monoisotopic (exact) mass is 261 g/mol. The van der Waals surface area contributed by atoms with Gasteiger partial charge in [-0.15, -0.1) is 0 Å². The van der Waals surface area contributed by atoms with Crippen LogP contribution in [-0.4, -0.2) is 36.0 Å². The van der Waals surface area contributed by atoms with Crippen molar-refractivity contribution in [2.45, 2.75) is 19.3 Å². The van der Waals surface area contributed by atoms with Crippen molar-refractivity contribution in [3.63, 3.8) is 0 Å². The third-order valence-electron chi connectivity index (χ3n) is 2.70. The highest BCUT2D eigenvalue weighted by Crippen LogP contribution is 2.08. The first-order chi connectivity index (χ1) is 9.00. The molecule has 1 N–H and O–H groups in total. The van der Waals surface area contributed by atoms with Crippen LogP contribution >= 0.6 is 0 Å². The maximum absolute atomic E-state index is 11.3. The minimum atomic E-state index is -0.924. The first-order valence-corrected chi connectivity index (χ1v) is 6.21. The third kappa shape index (κ3) is 5.38. The van der Waals surface area contributed by atoms with Crippen molar-refractivity contribution in [2.75, 3.05) is 14.1 Å². The Hall–Kier alpha value is -2.10. The fraction of sp³-hybridized carbons (Fsp3) is 0.333. The summed E-state index contributed by atoms with van der Waals surface area (Å²) >= 11 is 0. The van der Waals surface area contributed by atoms with Crippen molar-refractivity contribution in [3.05, 3.63) is 41.5 Å². The fourth-order valence-electron chi connectivity index (χ4n) is 1.59. The van der Waals surface area contributed by atoms with E-state index in [1.807, 2.05) is 18.2 Å². The van der Waals surface area contributed by atoms with Crippen LogP contribution in [0, 0.1) is 0 Å². The molecule has 4 heteroatoms. The number of benzene rings is 1. The summed E-state index contributed by atoms with van der Waals surface area (Å²) < 4.78 is 0. The Kier molecular flexibility index (Phi) is 5.79. The number of rotatable bonds is 6. The van der Waals surface area contributed by atoms with E-state index in [0.717, 1.165) is 18.4 Å². The Morgan fingerprint density at radius 1 is 1.32 bits per heavy atom. The van der Waals surface area contributed by atoms with Crippen LogP contribution in [0.15, 0.2) is 30.3 Å². The molecule has 0 bridgehead atoms. The molecule has 0 aromatic heterocycles. The lowest BCUT2D eigenvalue weighted by Gasteiger charge is -2.08. The summed E-state index contributed by atoms with van der Waals surface area (Å²) in [7, 11) is 3.49. The van der Waals surface area contributed by atoms with Gasteiger partial charge in [0.05, 0.1) is 5.56 Å². The smallest absolute Gasteiger partial charge is 0.335 e. The molecule has 1 amide bonds. The van der Waals surface area contributed by atoms with Crippen molar-refractivity contribution in [3.8, 4) is 0 Å². The summed E-state index contributed by atoms with van der Waals surface area (Å²) in [5.74, 6) is -0.798. The molecule has 0 atom stereocenters. The van der Waals surface area contributed by atoms with Crippen molar-refractivity contribution in [2.24, 2.45) is 0 Å². The Morgan fingerprint density at radius 2 is 2.05 bits per heavy atom. The number of carbonyl (C=O) groups is 2. The van der Waals surface area contributed by atoms with Crippen LogP contribution in [0.3, 0.4) is 0 Å². The van der Waals surface area contributed by atoms with Crippen LogP contribution in [0.5, 0.6) is 0 Å². The normalized spacial score (nSPS) is 10.6. The Bertz CT molecular complexity index is 478. The van der Waals surface area contributed by atoms with E-state index in [-0.39, 0.29) is 11.5 Å². The van der Waals surface area contributed by atoms with Gasteiger partial charge in [0, 0.05) is 20.5 Å². The van der Waals surface area contributed by atoms with E-state index in [1.165, 1.54) is 0 Å². The van der Waals surface area contributed by atoms with E-state index in [1.54, 1.807) is 37.2 Å². The lowest BCUT2D eigenvalue weighted by atomic mass is 10.1. The van der Waals surface area contributed by atoms with Crippen molar-refractivity contribution in [1.29, 1.82) is 0 Å². The van der Waals surface area contributed by atoms with Gasteiger partial charge in [-0.05, 0) is 30.5 Å². The number of carbonyl (C=O) groups excluding carboxylic acids is 1. The molecule has 0 heterocycles. The highest BCUT2D eigenvalue weighted by molar-refractivity contribution is 5.88. The van der Waals surface area contributed by atoms with Gasteiger partial charge in [0.1, 0.15) is 0 Å². The summed E-state index contributed by atoms with van der Waals surface area (Å²) in [5, 5.41) is 8.87. The molecule has 4 nitrogen and oxygen atoms in total. The molecule has 0 aliphatic rings. The van der Waals surface area contributed by atoms with Gasteiger partial charge in [-0.25, -0.2) is 4.79 Å². The van der Waals surface area contributed by atoms with E-state index in [9.17, 15) is 9.59 Å². The van der Waals surface area contributed by atoms with Crippen LogP contribution in [0.4, 0.5) is 0 Å². The molecule has 0 saturated heterocycles. The van der Waals surface area contributed by atoms with Gasteiger partial charge in [-0.1, -0.05) is 24.3 Å². The minimum absolute atomic E-state index is 0.126. The molecule has 1 rings (SSSR count). The summed E-state index contributed by atoms with van der Waals surface area (Å²) in [5.41, 5.74) is 1.14. The predicted molar refractivity (Wildman–Crippen MR) is 75.0 cm³/mol. The number of carboxylic acid groups (broad SMARTS) is 1. The molecule has 0 aliphatic heterocycles. The van der Waals surface area contributed by atoms with Gasteiger partial charge in [0.15, 0.2) is 0 Å². The van der Waals surface area contributed by atoms with E-state index >= 15 is 0 Å². The maximum Gasteiger partial charge on any atom is 0.335 e. The van der Waals surface area contributed by atoms with Crippen LogP contribution < -0.4 is 0 Å². The Labute approximate surface area is 113 Å². The van der Waals surface area contributed by atoms with Gasteiger partial charge in [-0.2, -0.15) is 0 Å². The second-order valence-corrected chi connectivity index (χ2v) is 4.51. The third-order valence-corrected chi connectivity index (χ3v) is 2.70. The number of carboxylic acids is 1. The number of aromatic carboxylic acids is 1. The SMILES string of the molecule is CN(C)C(=O)CCC/C=C/c1cccc(C(=O)O)c1. The molecule has 0 spiro atoms. The number of hydrogen-bond acceptors (Lipinski definition) is 2. The molecule has 102 valence electrons. The van der Waals surface area contributed by atoms with Crippen LogP contribution in [0.25, 0.3) is 6.08 Å². The topological polar surface area (TPSA) is 57.6 Å². The van der Waals surface area contributed by atoms with Crippen LogP contribution in [-0.2, 0) is 4.79 Å². The van der Waals surface area contributed by atoms with E-state index < -0.39 is 5.97 Å². The second kappa shape index (κ2) is 7.36. The highest BCUT2D eigenvalue weighted by atomic mass is 16.4. The molecule has 19 heavy (non-hydrogen) atoms. The standard InChI is InChI=1S/C15H19NO3/c1-16(2)14(17)10-5-3-4-7-12-8-6-9-13(11-12)15(18)19/h4,6-9,11H,3,5,10H2,1-2H3,(H,18,19)/b7-4+. The molecular weight excluding hydrogens is 242 g/mol. The number of allylic oxidation sites excluding steroid dienone is 1. The fourth-order valence-corrected chi connectivity index (χ4v) is 1.59. The first kappa shape index (κ1) is 15.0. The lowest BCUT2D eigenvalue weighted by Crippen LogP contribution is -2.20. The summed E-state index contributed by atoms with van der Waals surface area (Å²) in [4.78, 5) is 23.7. The zero-order valence-corrected chi connectivity index (χ0v) is 11.3. The van der Waals surface area contributed by atoms with Crippen molar-refractivity contribution < 1.29 is 14.7 Å². The van der Waals surface area contributed by atoms with E-state index in [0.29, 0.717) is 6.42 Å². The predicted octanol–water partition coefficient (Wildman–Crippen LogP) is 2.66. The van der Waals surface area contributed by atoms with Gasteiger partial charge < -0.3 is 10.0 Å². The lowest BCUT2D eigenvalue weighted by molar-refractivity contribution is -0.128. The number of unbranched alkanes of at least 4 members (excludes halogenated alkanes) is 1. The van der Waals surface area contributed by atoms with Gasteiger partial charge in [0.2, 0.25) is 5.91 Å². The summed E-state index contributed by atoms with van der Waals surface area (Å²) in [6.07, 6.45) is 5.98. The second-order valence-electron chi connectivity index (χ2n) is 4.51. The summed E-state index contributed by atoms with van der Waals surface area (Å²) in [6.45, 7) is 0. The van der Waals surface area contributed by atoms with Crippen molar-refractivity contribution >= 4 is 18.0 Å². The average molecular weight is 261 g/mol. The summed E-state index contributed by atoms with van der Waals surface area (Å²) in [6, 6.07) is 6.77. The molecule has 0 radical (unpaired) electrons. The van der Waals surface area contributed by atoms with E-state index in [4.69, 9.17) is 5.11 Å². The number of hydrogen-bond donors (Lipinski definition) is 1. The molecule has 1 aromatic carbocycles. The number of nitrogens with zero attached hydrogens (tertiary/aromatic N) is 1. The molecular formula is C15H19NO3. The molecule has 0 unspecified atom stereocenters. The average Bonchev–Trinajstić information content (AvgIpc) is 2.38. The van der Waals surface area contributed by atoms with Crippen molar-refractivity contribution in [1.82, 2.24) is 4.90 Å². The van der Waals surface area contributed by atoms with E-state index in [2.05, 4.69) is 0 Å². The molecule has 1 aromatic rings. The van der Waals surface area contributed by atoms with Gasteiger partial charge in [-0.3, -0.25) is 4.79 Å². The highest BCUT2D eigenvalue weighted by Gasteiger charge is 2.02. The largest absolute Gasteiger partial charge is 0.478 e. The zero-order chi connectivity index (χ0) is 14.3. The van der Waals surface area contributed by atoms with Gasteiger partial charge in [0.25, 0.3) is 0 Å². The molecule has 0 saturated carbocycles. The quantitative estimate of drug-likeness (QED) is 0.801.